The van der Waals surface area contributed by atoms with Crippen LogP contribution in [-0.2, 0) is 0 Å². The Morgan fingerprint density at radius 1 is 1.32 bits per heavy atom. The Hall–Kier alpha value is -2.84. The van der Waals surface area contributed by atoms with E-state index in [4.69, 9.17) is 11.6 Å². The Morgan fingerprint density at radius 2 is 2.12 bits per heavy atom. The number of aromatic nitrogens is 2. The van der Waals surface area contributed by atoms with Crippen LogP contribution in [0.15, 0.2) is 42.6 Å². The zero-order valence-corrected chi connectivity index (χ0v) is 14.5. The number of halogens is 1. The van der Waals surface area contributed by atoms with Crippen molar-refractivity contribution in [3.63, 3.8) is 0 Å². The van der Waals surface area contributed by atoms with Gasteiger partial charge in [-0.3, -0.25) is 19.9 Å². The molecule has 1 N–H and O–H groups in total. The lowest BCUT2D eigenvalue weighted by molar-refractivity contribution is -0.384. The first-order chi connectivity index (χ1) is 12.0. The minimum atomic E-state index is -0.602. The van der Waals surface area contributed by atoms with E-state index in [1.54, 1.807) is 19.2 Å². The maximum absolute atomic E-state index is 12.5. The number of pyridine rings is 1. The maximum atomic E-state index is 12.5. The third-order valence-electron chi connectivity index (χ3n) is 3.29. The van der Waals surface area contributed by atoms with Crippen LogP contribution < -0.4 is 5.32 Å². The lowest BCUT2D eigenvalue weighted by Gasteiger charge is -2.04. The number of nitro groups is 1. The van der Waals surface area contributed by atoms with Crippen molar-refractivity contribution in [2.75, 3.05) is 5.32 Å². The van der Waals surface area contributed by atoms with E-state index < -0.39 is 10.8 Å². The van der Waals surface area contributed by atoms with Gasteiger partial charge in [0.2, 0.25) is 0 Å². The fourth-order valence-corrected chi connectivity index (χ4v) is 3.25. The van der Waals surface area contributed by atoms with Crippen LogP contribution in [0.1, 0.15) is 15.4 Å². The zero-order chi connectivity index (χ0) is 18.0. The van der Waals surface area contributed by atoms with Crippen molar-refractivity contribution in [2.45, 2.75) is 6.92 Å². The van der Waals surface area contributed by atoms with Crippen LogP contribution in [0.25, 0.3) is 10.7 Å². The second-order valence-corrected chi connectivity index (χ2v) is 6.43. The van der Waals surface area contributed by atoms with Crippen LogP contribution in [0.4, 0.5) is 11.4 Å². The van der Waals surface area contributed by atoms with Gasteiger partial charge in [-0.25, -0.2) is 4.98 Å². The molecular weight excluding hydrogens is 364 g/mol. The molecule has 0 radical (unpaired) electrons. The highest BCUT2D eigenvalue weighted by Crippen LogP contribution is 2.29. The van der Waals surface area contributed by atoms with E-state index in [0.717, 1.165) is 0 Å². The number of carbonyl (C=O) groups excluding carboxylic acids is 1. The number of rotatable bonds is 4. The Morgan fingerprint density at radius 3 is 2.80 bits per heavy atom. The van der Waals surface area contributed by atoms with E-state index in [9.17, 15) is 14.9 Å². The highest BCUT2D eigenvalue weighted by Gasteiger charge is 2.19. The SMILES string of the molecule is Cc1nc(-c2ccccn2)sc1C(=O)Nc1ccc(Cl)c([N+](=O)[O-])c1. The molecular formula is C16H11ClN4O3S. The van der Waals surface area contributed by atoms with Gasteiger partial charge in [0.1, 0.15) is 14.9 Å². The number of nitrogens with one attached hydrogen (secondary N) is 1. The maximum Gasteiger partial charge on any atom is 0.289 e. The van der Waals surface area contributed by atoms with Gasteiger partial charge in [-0.2, -0.15) is 0 Å². The number of thiazole rings is 1. The number of hydrogen-bond acceptors (Lipinski definition) is 6. The predicted octanol–water partition coefficient (Wildman–Crippen LogP) is 4.33. The van der Waals surface area contributed by atoms with E-state index in [1.807, 2.05) is 12.1 Å². The van der Waals surface area contributed by atoms with Gasteiger partial charge in [0.15, 0.2) is 0 Å². The molecule has 126 valence electrons. The van der Waals surface area contributed by atoms with Crippen LogP contribution in [0.2, 0.25) is 5.02 Å². The van der Waals surface area contributed by atoms with Crippen molar-refractivity contribution in [3.05, 3.63) is 68.3 Å². The van der Waals surface area contributed by atoms with Crippen LogP contribution in [-0.4, -0.2) is 20.8 Å². The molecule has 2 heterocycles. The summed E-state index contributed by atoms with van der Waals surface area (Å²) in [5.74, 6) is -0.395. The molecule has 0 saturated heterocycles. The standard InChI is InChI=1S/C16H11ClN4O3S/c1-9-14(25-16(19-9)12-4-2-3-7-18-12)15(22)20-10-5-6-11(17)13(8-10)21(23)24/h2-8H,1H3,(H,20,22). The molecule has 0 aliphatic rings. The van der Waals surface area contributed by atoms with E-state index in [2.05, 4.69) is 15.3 Å². The average molecular weight is 375 g/mol. The molecule has 3 aromatic rings. The lowest BCUT2D eigenvalue weighted by Crippen LogP contribution is -2.11. The molecule has 3 rings (SSSR count). The van der Waals surface area contributed by atoms with E-state index in [-0.39, 0.29) is 16.4 Å². The van der Waals surface area contributed by atoms with Crippen LogP contribution >= 0.6 is 22.9 Å². The second-order valence-electron chi connectivity index (χ2n) is 5.03. The molecule has 25 heavy (non-hydrogen) atoms. The van der Waals surface area contributed by atoms with Gasteiger partial charge in [-0.1, -0.05) is 17.7 Å². The third kappa shape index (κ3) is 3.65. The number of nitrogens with zero attached hydrogens (tertiary/aromatic N) is 3. The summed E-state index contributed by atoms with van der Waals surface area (Å²) in [6, 6.07) is 9.53. The van der Waals surface area contributed by atoms with E-state index in [0.29, 0.717) is 21.3 Å². The van der Waals surface area contributed by atoms with Gasteiger partial charge in [0, 0.05) is 18.0 Å². The Balaban J connectivity index is 1.86. The highest BCUT2D eigenvalue weighted by molar-refractivity contribution is 7.17. The van der Waals surface area contributed by atoms with Crippen molar-refractivity contribution in [2.24, 2.45) is 0 Å². The summed E-state index contributed by atoms with van der Waals surface area (Å²) in [7, 11) is 0. The van der Waals surface area contributed by atoms with Crippen molar-refractivity contribution >= 4 is 40.2 Å². The zero-order valence-electron chi connectivity index (χ0n) is 12.9. The van der Waals surface area contributed by atoms with Crippen molar-refractivity contribution < 1.29 is 9.72 Å². The largest absolute Gasteiger partial charge is 0.321 e. The minimum Gasteiger partial charge on any atom is -0.321 e. The molecule has 0 atom stereocenters. The Labute approximate surface area is 151 Å². The average Bonchev–Trinajstić information content (AvgIpc) is 2.99. The van der Waals surface area contributed by atoms with Crippen molar-refractivity contribution in [3.8, 4) is 10.7 Å². The van der Waals surface area contributed by atoms with E-state index in [1.165, 1.54) is 29.5 Å². The summed E-state index contributed by atoms with van der Waals surface area (Å²) in [6.45, 7) is 1.72. The first kappa shape index (κ1) is 17.0. The summed E-state index contributed by atoms with van der Waals surface area (Å²) in [5.41, 5.74) is 1.26. The molecule has 7 nitrogen and oxygen atoms in total. The van der Waals surface area contributed by atoms with Gasteiger partial charge in [0.25, 0.3) is 11.6 Å². The molecule has 1 aromatic carbocycles. The van der Waals surface area contributed by atoms with Gasteiger partial charge < -0.3 is 5.32 Å². The Kier molecular flexibility index (Phi) is 4.73. The fourth-order valence-electron chi connectivity index (χ4n) is 2.12. The summed E-state index contributed by atoms with van der Waals surface area (Å²) in [5, 5.41) is 14.2. The number of anilines is 1. The molecule has 0 unspecified atom stereocenters. The van der Waals surface area contributed by atoms with Crippen LogP contribution in [0.5, 0.6) is 0 Å². The van der Waals surface area contributed by atoms with Crippen molar-refractivity contribution in [1.29, 1.82) is 0 Å². The molecule has 2 aromatic heterocycles. The van der Waals surface area contributed by atoms with E-state index >= 15 is 0 Å². The van der Waals surface area contributed by atoms with Crippen LogP contribution in [0.3, 0.4) is 0 Å². The number of hydrogen-bond donors (Lipinski definition) is 1. The number of benzene rings is 1. The van der Waals surface area contributed by atoms with Gasteiger partial charge in [0.05, 0.1) is 16.3 Å². The molecule has 0 bridgehead atoms. The summed E-state index contributed by atoms with van der Waals surface area (Å²) < 4.78 is 0. The highest BCUT2D eigenvalue weighted by atomic mass is 35.5. The lowest BCUT2D eigenvalue weighted by atomic mass is 10.2. The number of nitro benzene ring substituents is 1. The normalized spacial score (nSPS) is 10.5. The molecule has 0 saturated carbocycles. The minimum absolute atomic E-state index is 0.00871. The molecule has 0 fully saturated rings. The molecule has 0 aliphatic carbocycles. The van der Waals surface area contributed by atoms with Gasteiger partial charge in [-0.05, 0) is 31.2 Å². The summed E-state index contributed by atoms with van der Waals surface area (Å²) in [4.78, 5) is 31.8. The first-order valence-electron chi connectivity index (χ1n) is 7.10. The monoisotopic (exact) mass is 374 g/mol. The van der Waals surface area contributed by atoms with Gasteiger partial charge >= 0.3 is 0 Å². The third-order valence-corrected chi connectivity index (χ3v) is 4.79. The number of amides is 1. The molecule has 0 aliphatic heterocycles. The summed E-state index contributed by atoms with van der Waals surface area (Å²) >= 11 is 6.98. The molecule has 1 amide bonds. The fraction of sp³-hybridized carbons (Fsp3) is 0.0625. The predicted molar refractivity (Wildman–Crippen MR) is 96.1 cm³/mol. The smallest absolute Gasteiger partial charge is 0.289 e. The quantitative estimate of drug-likeness (QED) is 0.541. The van der Waals surface area contributed by atoms with Gasteiger partial charge in [-0.15, -0.1) is 11.3 Å². The van der Waals surface area contributed by atoms with Crippen molar-refractivity contribution in [1.82, 2.24) is 9.97 Å². The molecule has 0 spiro atoms. The number of carbonyl (C=O) groups is 1. The topological polar surface area (TPSA) is 98.0 Å². The Bertz CT molecular complexity index is 959. The number of aryl methyl sites for hydroxylation is 1. The second kappa shape index (κ2) is 6.96. The molecule has 9 heteroatoms. The summed E-state index contributed by atoms with van der Waals surface area (Å²) in [6.07, 6.45) is 1.65. The first-order valence-corrected chi connectivity index (χ1v) is 8.29. The van der Waals surface area contributed by atoms with Crippen LogP contribution in [0, 0.1) is 17.0 Å².